The summed E-state index contributed by atoms with van der Waals surface area (Å²) in [5.74, 6) is 1.39. The van der Waals surface area contributed by atoms with E-state index in [9.17, 15) is 8.42 Å². The van der Waals surface area contributed by atoms with Crippen LogP contribution in [-0.4, -0.2) is 45.5 Å². The van der Waals surface area contributed by atoms with Gasteiger partial charge in [-0.15, -0.1) is 0 Å². The van der Waals surface area contributed by atoms with Gasteiger partial charge in [-0.25, -0.2) is 8.42 Å². The molecular weight excluding hydrogens is 300 g/mol. The molecule has 1 aromatic rings. The summed E-state index contributed by atoms with van der Waals surface area (Å²) in [7, 11) is -1.44. The summed E-state index contributed by atoms with van der Waals surface area (Å²) in [5, 5.41) is 3.17. The molecule has 22 heavy (non-hydrogen) atoms. The fourth-order valence-electron chi connectivity index (χ4n) is 3.35. The van der Waals surface area contributed by atoms with Crippen LogP contribution >= 0.6 is 0 Å². The first-order chi connectivity index (χ1) is 10.5. The Kier molecular flexibility index (Phi) is 4.43. The van der Waals surface area contributed by atoms with Gasteiger partial charge in [0.2, 0.25) is 10.0 Å². The van der Waals surface area contributed by atoms with E-state index in [0.29, 0.717) is 23.9 Å². The van der Waals surface area contributed by atoms with Crippen molar-refractivity contribution in [3.8, 4) is 5.75 Å². The monoisotopic (exact) mass is 324 g/mol. The number of nitrogens with zero attached hydrogens (tertiary/aromatic N) is 1. The lowest BCUT2D eigenvalue weighted by Crippen LogP contribution is -2.40. The first-order valence-corrected chi connectivity index (χ1v) is 9.39. The van der Waals surface area contributed by atoms with E-state index in [1.807, 2.05) is 14.0 Å². The average molecular weight is 324 g/mol. The zero-order chi connectivity index (χ0) is 15.7. The van der Waals surface area contributed by atoms with Gasteiger partial charge in [0.05, 0.1) is 4.90 Å². The fraction of sp³-hybridized carbons (Fsp3) is 0.625. The van der Waals surface area contributed by atoms with Gasteiger partial charge in [-0.3, -0.25) is 0 Å². The molecule has 1 fully saturated rings. The van der Waals surface area contributed by atoms with Crippen molar-refractivity contribution >= 4 is 10.0 Å². The van der Waals surface area contributed by atoms with Crippen LogP contribution in [0.4, 0.5) is 0 Å². The Hall–Kier alpha value is -1.11. The van der Waals surface area contributed by atoms with E-state index in [0.717, 1.165) is 37.1 Å². The van der Waals surface area contributed by atoms with Crippen LogP contribution in [0, 0.1) is 5.92 Å². The molecule has 2 aliphatic rings. The number of rotatable bonds is 4. The Bertz CT molecular complexity index is 637. The summed E-state index contributed by atoms with van der Waals surface area (Å²) < 4.78 is 32.9. The minimum atomic E-state index is -3.38. The SMILES string of the molecule is CNCC1CCN(S(=O)(=O)c2ccc3c(c2)CC(C)O3)CC1. The molecule has 2 aliphatic heterocycles. The van der Waals surface area contributed by atoms with Crippen molar-refractivity contribution in [2.24, 2.45) is 5.92 Å². The molecule has 0 aromatic heterocycles. The van der Waals surface area contributed by atoms with E-state index in [-0.39, 0.29) is 6.10 Å². The molecule has 1 aromatic carbocycles. The van der Waals surface area contributed by atoms with Crippen LogP contribution in [0.1, 0.15) is 25.3 Å². The average Bonchev–Trinajstić information content (AvgIpc) is 2.87. The lowest BCUT2D eigenvalue weighted by molar-refractivity contribution is 0.254. The quantitative estimate of drug-likeness (QED) is 0.914. The zero-order valence-electron chi connectivity index (χ0n) is 13.2. The second kappa shape index (κ2) is 6.18. The van der Waals surface area contributed by atoms with Crippen molar-refractivity contribution in [1.29, 1.82) is 0 Å². The Morgan fingerprint density at radius 3 is 2.73 bits per heavy atom. The Labute approximate surface area is 132 Å². The highest BCUT2D eigenvalue weighted by atomic mass is 32.2. The molecule has 1 atom stereocenters. The lowest BCUT2D eigenvalue weighted by Gasteiger charge is -2.31. The molecular formula is C16H24N2O3S. The predicted octanol–water partition coefficient (Wildman–Crippen LogP) is 1.63. The van der Waals surface area contributed by atoms with Crippen molar-refractivity contribution in [2.45, 2.75) is 37.2 Å². The number of nitrogens with one attached hydrogen (secondary N) is 1. The minimum absolute atomic E-state index is 0.130. The zero-order valence-corrected chi connectivity index (χ0v) is 14.0. The Morgan fingerprint density at radius 1 is 1.32 bits per heavy atom. The normalized spacial score (nSPS) is 23.3. The summed E-state index contributed by atoms with van der Waals surface area (Å²) in [5.41, 5.74) is 0.999. The summed E-state index contributed by atoms with van der Waals surface area (Å²) in [6, 6.07) is 5.25. The number of hydrogen-bond acceptors (Lipinski definition) is 4. The third-order valence-electron chi connectivity index (χ3n) is 4.57. The van der Waals surface area contributed by atoms with Gasteiger partial charge in [-0.2, -0.15) is 4.31 Å². The maximum absolute atomic E-state index is 12.8. The second-order valence-electron chi connectivity index (χ2n) is 6.31. The van der Waals surface area contributed by atoms with Crippen molar-refractivity contribution in [2.75, 3.05) is 26.7 Å². The lowest BCUT2D eigenvalue weighted by atomic mass is 9.98. The molecule has 0 radical (unpaired) electrons. The van der Waals surface area contributed by atoms with Gasteiger partial charge in [-0.1, -0.05) is 0 Å². The van der Waals surface area contributed by atoms with Crippen molar-refractivity contribution < 1.29 is 13.2 Å². The first kappa shape index (κ1) is 15.8. The maximum Gasteiger partial charge on any atom is 0.243 e. The highest BCUT2D eigenvalue weighted by Crippen LogP contribution is 2.32. The third-order valence-corrected chi connectivity index (χ3v) is 6.47. The summed E-state index contributed by atoms with van der Waals surface area (Å²) in [6.07, 6.45) is 2.75. The fourth-order valence-corrected chi connectivity index (χ4v) is 4.87. The number of benzene rings is 1. The van der Waals surface area contributed by atoms with Crippen LogP contribution in [0.3, 0.4) is 0 Å². The molecule has 0 amide bonds. The Balaban J connectivity index is 1.75. The van der Waals surface area contributed by atoms with Crippen molar-refractivity contribution in [3.05, 3.63) is 23.8 Å². The molecule has 0 spiro atoms. The van der Waals surface area contributed by atoms with E-state index in [1.165, 1.54) is 0 Å². The van der Waals surface area contributed by atoms with E-state index in [2.05, 4.69) is 5.32 Å². The largest absolute Gasteiger partial charge is 0.490 e. The number of fused-ring (bicyclic) bond motifs is 1. The Morgan fingerprint density at radius 2 is 2.05 bits per heavy atom. The molecule has 0 aliphatic carbocycles. The molecule has 1 unspecified atom stereocenters. The molecule has 0 saturated carbocycles. The first-order valence-electron chi connectivity index (χ1n) is 7.95. The van der Waals surface area contributed by atoms with Crippen LogP contribution in [0.15, 0.2) is 23.1 Å². The number of hydrogen-bond donors (Lipinski definition) is 1. The number of sulfonamides is 1. The van der Waals surface area contributed by atoms with Crippen LogP contribution in [0.5, 0.6) is 5.75 Å². The molecule has 5 nitrogen and oxygen atoms in total. The molecule has 2 heterocycles. The smallest absolute Gasteiger partial charge is 0.243 e. The summed E-state index contributed by atoms with van der Waals surface area (Å²) in [6.45, 7) is 4.18. The van der Waals surface area contributed by atoms with Gasteiger partial charge >= 0.3 is 0 Å². The molecule has 6 heteroatoms. The number of piperidine rings is 1. The molecule has 1 N–H and O–H groups in total. The van der Waals surface area contributed by atoms with Gasteiger partial charge < -0.3 is 10.1 Å². The summed E-state index contributed by atoms with van der Waals surface area (Å²) in [4.78, 5) is 0.399. The van der Waals surface area contributed by atoms with Gasteiger partial charge in [-0.05, 0) is 63.0 Å². The van der Waals surface area contributed by atoms with Gasteiger partial charge in [0.25, 0.3) is 0 Å². The van der Waals surface area contributed by atoms with E-state index in [4.69, 9.17) is 4.74 Å². The van der Waals surface area contributed by atoms with Crippen LogP contribution in [-0.2, 0) is 16.4 Å². The third kappa shape index (κ3) is 3.00. The molecule has 3 rings (SSSR count). The van der Waals surface area contributed by atoms with E-state index < -0.39 is 10.0 Å². The van der Waals surface area contributed by atoms with Crippen LogP contribution < -0.4 is 10.1 Å². The van der Waals surface area contributed by atoms with Gasteiger partial charge in [0, 0.05) is 19.5 Å². The molecule has 122 valence electrons. The standard InChI is InChI=1S/C16H24N2O3S/c1-12-9-14-10-15(3-4-16(14)21-12)22(19,20)18-7-5-13(6-8-18)11-17-2/h3-4,10,12-13,17H,5-9,11H2,1-2H3. The number of ether oxygens (including phenoxy) is 1. The van der Waals surface area contributed by atoms with Gasteiger partial charge in [0.15, 0.2) is 0 Å². The molecule has 0 bridgehead atoms. The summed E-state index contributed by atoms with van der Waals surface area (Å²) >= 11 is 0. The van der Waals surface area contributed by atoms with Crippen LogP contribution in [0.2, 0.25) is 0 Å². The predicted molar refractivity (Wildman–Crippen MR) is 85.6 cm³/mol. The van der Waals surface area contributed by atoms with Crippen molar-refractivity contribution in [3.63, 3.8) is 0 Å². The van der Waals surface area contributed by atoms with Gasteiger partial charge in [0.1, 0.15) is 11.9 Å². The van der Waals surface area contributed by atoms with Crippen LogP contribution in [0.25, 0.3) is 0 Å². The highest BCUT2D eigenvalue weighted by Gasteiger charge is 2.30. The maximum atomic E-state index is 12.8. The highest BCUT2D eigenvalue weighted by molar-refractivity contribution is 7.89. The molecule has 1 saturated heterocycles. The van der Waals surface area contributed by atoms with Crippen molar-refractivity contribution in [1.82, 2.24) is 9.62 Å². The van der Waals surface area contributed by atoms with E-state index in [1.54, 1.807) is 22.5 Å². The minimum Gasteiger partial charge on any atom is -0.490 e. The second-order valence-corrected chi connectivity index (χ2v) is 8.25. The topological polar surface area (TPSA) is 58.6 Å². The van der Waals surface area contributed by atoms with E-state index >= 15 is 0 Å².